The van der Waals surface area contributed by atoms with Crippen molar-refractivity contribution in [2.45, 2.75) is 6.92 Å². The first-order valence-corrected chi connectivity index (χ1v) is 5.80. The van der Waals surface area contributed by atoms with Gasteiger partial charge in [0.2, 0.25) is 0 Å². The molecule has 0 spiro atoms. The molecule has 0 heterocycles. The molecule has 0 N–H and O–H groups in total. The first kappa shape index (κ1) is 16.6. The zero-order valence-corrected chi connectivity index (χ0v) is 11.2. The Bertz CT molecular complexity index is 276. The van der Waals surface area contributed by atoms with E-state index in [0.717, 1.165) is 18.7 Å². The van der Waals surface area contributed by atoms with Crippen molar-refractivity contribution in [3.05, 3.63) is 12.2 Å². The van der Waals surface area contributed by atoms with Gasteiger partial charge in [0, 0.05) is 18.7 Å². The fourth-order valence-corrected chi connectivity index (χ4v) is 0.925. The van der Waals surface area contributed by atoms with Gasteiger partial charge in [0.25, 0.3) is 0 Å². The second-order valence-electron chi connectivity index (χ2n) is 3.67. The van der Waals surface area contributed by atoms with E-state index in [2.05, 4.69) is 4.74 Å². The maximum atomic E-state index is 11.1. The fraction of sp³-hybridized carbons (Fsp3) is 0.667. The third kappa shape index (κ3) is 11.1. The number of nitrogens with zero attached hydrogens (tertiary/aromatic N) is 1. The SMILES string of the molecule is CCOC(=O)C=CC(=O)OCCOCCN(C)C. The highest BCUT2D eigenvalue weighted by Gasteiger charge is 2.00. The first-order valence-electron chi connectivity index (χ1n) is 5.80. The summed E-state index contributed by atoms with van der Waals surface area (Å²) in [6.45, 7) is 3.87. The number of carbonyl (C=O) groups is 2. The summed E-state index contributed by atoms with van der Waals surface area (Å²) >= 11 is 0. The van der Waals surface area contributed by atoms with Crippen LogP contribution in [0.15, 0.2) is 12.2 Å². The Labute approximate surface area is 107 Å². The van der Waals surface area contributed by atoms with Gasteiger partial charge in [-0.1, -0.05) is 0 Å². The van der Waals surface area contributed by atoms with Gasteiger partial charge >= 0.3 is 11.9 Å². The summed E-state index contributed by atoms with van der Waals surface area (Å²) in [7, 11) is 3.90. The van der Waals surface area contributed by atoms with Gasteiger partial charge in [0.1, 0.15) is 6.61 Å². The molecule has 104 valence electrons. The average Bonchev–Trinajstić information content (AvgIpc) is 2.31. The minimum absolute atomic E-state index is 0.166. The average molecular weight is 259 g/mol. The molecule has 0 rings (SSSR count). The summed E-state index contributed by atoms with van der Waals surface area (Å²) in [5.41, 5.74) is 0. The number of carbonyl (C=O) groups excluding carboxylic acids is 2. The van der Waals surface area contributed by atoms with Crippen molar-refractivity contribution in [1.82, 2.24) is 4.90 Å². The summed E-state index contributed by atoms with van der Waals surface area (Å²) in [6, 6.07) is 0. The van der Waals surface area contributed by atoms with Crippen molar-refractivity contribution >= 4 is 11.9 Å². The molecule has 0 saturated heterocycles. The number of esters is 2. The maximum Gasteiger partial charge on any atom is 0.331 e. The molecule has 18 heavy (non-hydrogen) atoms. The highest BCUT2D eigenvalue weighted by Crippen LogP contribution is 1.86. The van der Waals surface area contributed by atoms with Gasteiger partial charge in [0.05, 0.1) is 19.8 Å². The van der Waals surface area contributed by atoms with Crippen LogP contribution in [0.1, 0.15) is 6.92 Å². The molecule has 0 atom stereocenters. The third-order valence-electron chi connectivity index (χ3n) is 1.80. The second-order valence-corrected chi connectivity index (χ2v) is 3.67. The topological polar surface area (TPSA) is 65.1 Å². The zero-order chi connectivity index (χ0) is 13.8. The lowest BCUT2D eigenvalue weighted by molar-refractivity contribution is -0.141. The Morgan fingerprint density at radius 1 is 1.00 bits per heavy atom. The van der Waals surface area contributed by atoms with Crippen LogP contribution in [0.25, 0.3) is 0 Å². The summed E-state index contributed by atoms with van der Waals surface area (Å²) < 4.78 is 14.6. The molecule has 6 heteroatoms. The predicted molar refractivity (Wildman–Crippen MR) is 66.1 cm³/mol. The summed E-state index contributed by atoms with van der Waals surface area (Å²) in [5, 5.41) is 0. The van der Waals surface area contributed by atoms with Gasteiger partial charge in [0.15, 0.2) is 0 Å². The molecule has 0 saturated carbocycles. The van der Waals surface area contributed by atoms with Gasteiger partial charge in [-0.2, -0.15) is 0 Å². The number of likely N-dealkylation sites (N-methyl/N-ethyl adjacent to an activating group) is 1. The molecule has 0 unspecified atom stereocenters. The highest BCUT2D eigenvalue weighted by atomic mass is 16.6. The Hall–Kier alpha value is -1.40. The maximum absolute atomic E-state index is 11.1. The normalized spacial score (nSPS) is 10.9. The lowest BCUT2D eigenvalue weighted by Gasteiger charge is -2.09. The van der Waals surface area contributed by atoms with Crippen molar-refractivity contribution in [2.75, 3.05) is 47.1 Å². The van der Waals surface area contributed by atoms with Crippen LogP contribution in [-0.2, 0) is 23.8 Å². The van der Waals surface area contributed by atoms with Crippen LogP contribution in [-0.4, -0.2) is 63.9 Å². The largest absolute Gasteiger partial charge is 0.463 e. The van der Waals surface area contributed by atoms with Gasteiger partial charge < -0.3 is 19.1 Å². The highest BCUT2D eigenvalue weighted by molar-refractivity contribution is 5.91. The summed E-state index contributed by atoms with van der Waals surface area (Å²) in [6.07, 6.45) is 2.08. The van der Waals surface area contributed by atoms with Crippen LogP contribution in [0.4, 0.5) is 0 Å². The van der Waals surface area contributed by atoms with Crippen LogP contribution in [0.3, 0.4) is 0 Å². The van der Waals surface area contributed by atoms with Crippen LogP contribution in [0, 0.1) is 0 Å². The monoisotopic (exact) mass is 259 g/mol. The lowest BCUT2D eigenvalue weighted by Crippen LogP contribution is -2.19. The Balaban J connectivity index is 3.50. The predicted octanol–water partition coefficient (Wildman–Crippen LogP) is 0.227. The molecule has 0 fully saturated rings. The van der Waals surface area contributed by atoms with Gasteiger partial charge in [-0.3, -0.25) is 0 Å². The van der Waals surface area contributed by atoms with E-state index in [1.807, 2.05) is 19.0 Å². The fourth-order valence-electron chi connectivity index (χ4n) is 0.925. The molecule has 0 radical (unpaired) electrons. The van der Waals surface area contributed by atoms with Gasteiger partial charge in [-0.25, -0.2) is 9.59 Å². The number of hydrogen-bond donors (Lipinski definition) is 0. The zero-order valence-electron chi connectivity index (χ0n) is 11.2. The summed E-state index contributed by atoms with van der Waals surface area (Å²) in [5.74, 6) is -1.14. The molecule has 0 aliphatic heterocycles. The van der Waals surface area contributed by atoms with Gasteiger partial charge in [-0.15, -0.1) is 0 Å². The molecular weight excluding hydrogens is 238 g/mol. The summed E-state index contributed by atoms with van der Waals surface area (Å²) in [4.78, 5) is 24.0. The Morgan fingerprint density at radius 2 is 1.61 bits per heavy atom. The lowest BCUT2D eigenvalue weighted by atomic mass is 10.5. The van der Waals surface area contributed by atoms with E-state index in [9.17, 15) is 9.59 Å². The van der Waals surface area contributed by atoms with Crippen LogP contribution in [0.2, 0.25) is 0 Å². The van der Waals surface area contributed by atoms with Gasteiger partial charge in [-0.05, 0) is 21.0 Å². The van der Waals surface area contributed by atoms with E-state index in [1.54, 1.807) is 6.92 Å². The van der Waals surface area contributed by atoms with E-state index in [1.165, 1.54) is 0 Å². The van der Waals surface area contributed by atoms with Crippen molar-refractivity contribution < 1.29 is 23.8 Å². The van der Waals surface area contributed by atoms with E-state index < -0.39 is 11.9 Å². The number of ether oxygens (including phenoxy) is 3. The van der Waals surface area contributed by atoms with E-state index in [0.29, 0.717) is 13.2 Å². The molecular formula is C12H21NO5. The van der Waals surface area contributed by atoms with Crippen molar-refractivity contribution in [2.24, 2.45) is 0 Å². The quantitative estimate of drug-likeness (QED) is 0.335. The molecule has 6 nitrogen and oxygen atoms in total. The van der Waals surface area contributed by atoms with Crippen molar-refractivity contribution in [1.29, 1.82) is 0 Å². The Morgan fingerprint density at radius 3 is 2.17 bits per heavy atom. The molecule has 0 aliphatic rings. The minimum Gasteiger partial charge on any atom is -0.463 e. The Kier molecular flexibility index (Phi) is 9.90. The van der Waals surface area contributed by atoms with Crippen molar-refractivity contribution in [3.63, 3.8) is 0 Å². The second kappa shape index (κ2) is 10.7. The molecule has 0 bridgehead atoms. The first-order chi connectivity index (χ1) is 8.56. The van der Waals surface area contributed by atoms with E-state index >= 15 is 0 Å². The minimum atomic E-state index is -0.584. The molecule has 0 aromatic rings. The standard InChI is InChI=1S/C12H21NO5/c1-4-17-11(14)5-6-12(15)18-10-9-16-8-7-13(2)3/h5-6H,4,7-10H2,1-3H3. The van der Waals surface area contributed by atoms with Crippen molar-refractivity contribution in [3.8, 4) is 0 Å². The smallest absolute Gasteiger partial charge is 0.331 e. The third-order valence-corrected chi connectivity index (χ3v) is 1.80. The van der Waals surface area contributed by atoms with E-state index in [-0.39, 0.29) is 13.2 Å². The van der Waals surface area contributed by atoms with E-state index in [4.69, 9.17) is 9.47 Å². The number of hydrogen-bond acceptors (Lipinski definition) is 6. The molecule has 0 aromatic carbocycles. The van der Waals surface area contributed by atoms with Crippen LogP contribution >= 0.6 is 0 Å². The molecule has 0 aliphatic carbocycles. The number of rotatable bonds is 9. The molecule has 0 amide bonds. The van der Waals surface area contributed by atoms with Crippen LogP contribution < -0.4 is 0 Å². The van der Waals surface area contributed by atoms with Crippen LogP contribution in [0.5, 0.6) is 0 Å². The molecule has 0 aromatic heterocycles.